The number of nitrogens with zero attached hydrogens (tertiary/aromatic N) is 3. The van der Waals surface area contributed by atoms with Crippen molar-refractivity contribution >= 4 is 23.1 Å². The third-order valence-corrected chi connectivity index (χ3v) is 3.79. The van der Waals surface area contributed by atoms with E-state index in [4.69, 9.17) is 9.47 Å². The first-order chi connectivity index (χ1) is 9.15. The van der Waals surface area contributed by atoms with Gasteiger partial charge in [0.1, 0.15) is 12.1 Å². The molecule has 0 saturated heterocycles. The Morgan fingerprint density at radius 2 is 1.95 bits per heavy atom. The van der Waals surface area contributed by atoms with Gasteiger partial charge >= 0.3 is 0 Å². The number of hydrogen-bond acceptors (Lipinski definition) is 6. The number of thiazole rings is 1. The minimum absolute atomic E-state index is 0.0625. The summed E-state index contributed by atoms with van der Waals surface area (Å²) in [5.74, 6) is 1.66. The maximum atomic E-state index is 5.39. The van der Waals surface area contributed by atoms with E-state index in [0.717, 1.165) is 5.01 Å². The normalized spacial score (nSPS) is 23.0. The van der Waals surface area contributed by atoms with Crippen molar-refractivity contribution in [2.45, 2.75) is 32.4 Å². The summed E-state index contributed by atoms with van der Waals surface area (Å²) < 4.78 is 10.8. The summed E-state index contributed by atoms with van der Waals surface area (Å²) in [4.78, 5) is 13.5. The summed E-state index contributed by atoms with van der Waals surface area (Å²) in [7, 11) is 3.28. The highest BCUT2D eigenvalue weighted by Crippen LogP contribution is 2.20. The zero-order valence-electron chi connectivity index (χ0n) is 11.7. The predicted molar refractivity (Wildman–Crippen MR) is 77.1 cm³/mol. The summed E-state index contributed by atoms with van der Waals surface area (Å²) in [6.45, 7) is 4.19. The van der Waals surface area contributed by atoms with Crippen LogP contribution in [-0.2, 0) is 15.9 Å². The molecule has 0 N–H and O–H groups in total. The monoisotopic (exact) mass is 281 g/mol. The van der Waals surface area contributed by atoms with Gasteiger partial charge in [0.05, 0.1) is 19.2 Å². The highest BCUT2D eigenvalue weighted by Gasteiger charge is 2.31. The fourth-order valence-corrected chi connectivity index (χ4v) is 2.67. The highest BCUT2D eigenvalue weighted by atomic mass is 32.1. The number of ether oxygens (including phenoxy) is 2. The second-order valence-electron chi connectivity index (χ2n) is 4.68. The minimum atomic E-state index is -0.138. The quantitative estimate of drug-likeness (QED) is 0.853. The summed E-state index contributed by atoms with van der Waals surface area (Å²) in [6, 6.07) is -0.200. The van der Waals surface area contributed by atoms with Crippen LogP contribution in [0.1, 0.15) is 18.9 Å². The van der Waals surface area contributed by atoms with Gasteiger partial charge in [0.2, 0.25) is 11.8 Å². The van der Waals surface area contributed by atoms with E-state index in [0.29, 0.717) is 24.1 Å². The first-order valence-electron chi connectivity index (χ1n) is 6.27. The van der Waals surface area contributed by atoms with Gasteiger partial charge in [-0.3, -0.25) is 0 Å². The van der Waals surface area contributed by atoms with Crippen LogP contribution in [0.5, 0.6) is 0 Å². The van der Waals surface area contributed by atoms with Crippen LogP contribution in [0.15, 0.2) is 21.6 Å². The first kappa shape index (κ1) is 14.0. The number of hydrogen-bond donors (Lipinski definition) is 0. The third kappa shape index (κ3) is 3.12. The molecule has 0 aromatic carbocycles. The van der Waals surface area contributed by atoms with Gasteiger partial charge in [-0.15, -0.1) is 11.3 Å². The van der Waals surface area contributed by atoms with Crippen molar-refractivity contribution in [1.29, 1.82) is 0 Å². The number of rotatable bonds is 3. The molecule has 0 radical (unpaired) electrons. The lowest BCUT2D eigenvalue weighted by Crippen LogP contribution is -2.38. The standard InChI is InChI=1S/C13H19N3O2S/c1-8(2)11-13(18-4)15-9(12(16-11)17-3)7-10-14-5-6-19-10/h5-6,8-9,11H,7H2,1-4H3/t9-,11+/m1/s1. The second-order valence-corrected chi connectivity index (χ2v) is 5.66. The Morgan fingerprint density at radius 3 is 2.47 bits per heavy atom. The molecule has 1 aromatic heterocycles. The molecule has 6 heteroatoms. The highest BCUT2D eigenvalue weighted by molar-refractivity contribution is 7.09. The van der Waals surface area contributed by atoms with Crippen molar-refractivity contribution in [3.05, 3.63) is 16.6 Å². The number of methoxy groups -OCH3 is 2. The number of aliphatic imine (C=N–C) groups is 2. The summed E-state index contributed by atoms with van der Waals surface area (Å²) in [6.07, 6.45) is 2.49. The van der Waals surface area contributed by atoms with Gasteiger partial charge in [-0.25, -0.2) is 15.0 Å². The largest absolute Gasteiger partial charge is 0.483 e. The van der Waals surface area contributed by atoms with Crippen LogP contribution in [-0.4, -0.2) is 43.1 Å². The zero-order valence-corrected chi connectivity index (χ0v) is 12.5. The first-order valence-corrected chi connectivity index (χ1v) is 7.15. The summed E-state index contributed by atoms with van der Waals surface area (Å²) in [5, 5.41) is 2.98. The van der Waals surface area contributed by atoms with E-state index >= 15 is 0 Å². The molecule has 19 heavy (non-hydrogen) atoms. The second kappa shape index (κ2) is 6.14. The average Bonchev–Trinajstić information content (AvgIpc) is 2.90. The van der Waals surface area contributed by atoms with Crippen molar-refractivity contribution in [3.8, 4) is 0 Å². The maximum Gasteiger partial charge on any atom is 0.209 e. The lowest BCUT2D eigenvalue weighted by molar-refractivity contribution is 0.332. The molecule has 1 aliphatic rings. The Hall–Kier alpha value is -1.43. The molecule has 104 valence electrons. The van der Waals surface area contributed by atoms with E-state index in [1.54, 1.807) is 31.8 Å². The van der Waals surface area contributed by atoms with Crippen molar-refractivity contribution in [3.63, 3.8) is 0 Å². The van der Waals surface area contributed by atoms with Crippen LogP contribution in [0.4, 0.5) is 0 Å². The Kier molecular flexibility index (Phi) is 4.52. The fourth-order valence-electron chi connectivity index (χ4n) is 2.01. The van der Waals surface area contributed by atoms with E-state index in [-0.39, 0.29) is 12.1 Å². The Balaban J connectivity index is 2.22. The van der Waals surface area contributed by atoms with E-state index in [9.17, 15) is 0 Å². The Bertz CT molecular complexity index is 468. The molecule has 5 nitrogen and oxygen atoms in total. The maximum absolute atomic E-state index is 5.39. The van der Waals surface area contributed by atoms with Crippen LogP contribution in [0.2, 0.25) is 0 Å². The molecule has 0 unspecified atom stereocenters. The minimum Gasteiger partial charge on any atom is -0.483 e. The molecule has 0 amide bonds. The Labute approximate surface area is 117 Å². The van der Waals surface area contributed by atoms with Gasteiger partial charge in [-0.05, 0) is 5.92 Å². The average molecular weight is 281 g/mol. The van der Waals surface area contributed by atoms with Crippen molar-refractivity contribution < 1.29 is 9.47 Å². The van der Waals surface area contributed by atoms with Gasteiger partial charge in [-0.1, -0.05) is 13.8 Å². The molecule has 0 saturated carbocycles. The van der Waals surface area contributed by atoms with Gasteiger partial charge in [0.25, 0.3) is 0 Å². The summed E-state index contributed by atoms with van der Waals surface area (Å²) >= 11 is 1.61. The molecule has 2 atom stereocenters. The van der Waals surface area contributed by atoms with Crippen molar-refractivity contribution in [2.75, 3.05) is 14.2 Å². The predicted octanol–water partition coefficient (Wildman–Crippen LogP) is 2.18. The van der Waals surface area contributed by atoms with Crippen molar-refractivity contribution in [1.82, 2.24) is 4.98 Å². The lowest BCUT2D eigenvalue weighted by Gasteiger charge is -2.26. The van der Waals surface area contributed by atoms with Gasteiger partial charge in [-0.2, -0.15) is 0 Å². The SMILES string of the molecule is COC1=N[C@H](Cc2nccs2)C(OC)=N[C@H]1C(C)C. The van der Waals surface area contributed by atoms with E-state index in [2.05, 4.69) is 28.8 Å². The van der Waals surface area contributed by atoms with Crippen molar-refractivity contribution in [2.24, 2.45) is 15.9 Å². The van der Waals surface area contributed by atoms with Crippen LogP contribution < -0.4 is 0 Å². The van der Waals surface area contributed by atoms with Gasteiger partial charge in [0, 0.05) is 18.0 Å². The topological polar surface area (TPSA) is 56.1 Å². The summed E-state index contributed by atoms with van der Waals surface area (Å²) in [5.41, 5.74) is 0. The lowest BCUT2D eigenvalue weighted by atomic mass is 10.0. The van der Waals surface area contributed by atoms with Crippen LogP contribution >= 0.6 is 11.3 Å². The van der Waals surface area contributed by atoms with Crippen LogP contribution in [0.25, 0.3) is 0 Å². The molecule has 0 aliphatic carbocycles. The van der Waals surface area contributed by atoms with E-state index in [1.165, 1.54) is 0 Å². The molecule has 2 rings (SSSR count). The zero-order chi connectivity index (χ0) is 13.8. The number of aromatic nitrogens is 1. The van der Waals surface area contributed by atoms with Crippen LogP contribution in [0, 0.1) is 5.92 Å². The molecule has 0 bridgehead atoms. The molecule has 0 fully saturated rings. The molecule has 2 heterocycles. The molecule has 1 aliphatic heterocycles. The van der Waals surface area contributed by atoms with E-state index < -0.39 is 0 Å². The molecular formula is C13H19N3O2S. The van der Waals surface area contributed by atoms with Gasteiger partial charge < -0.3 is 9.47 Å². The Morgan fingerprint density at radius 1 is 1.21 bits per heavy atom. The van der Waals surface area contributed by atoms with E-state index in [1.807, 2.05) is 5.38 Å². The fraction of sp³-hybridized carbons (Fsp3) is 0.615. The smallest absolute Gasteiger partial charge is 0.209 e. The molecular weight excluding hydrogens is 262 g/mol. The molecule has 1 aromatic rings. The molecule has 0 spiro atoms. The van der Waals surface area contributed by atoms with Gasteiger partial charge in [0.15, 0.2) is 0 Å². The third-order valence-electron chi connectivity index (χ3n) is 2.99. The van der Waals surface area contributed by atoms with Crippen LogP contribution in [0.3, 0.4) is 0 Å².